The zero-order chi connectivity index (χ0) is 19.4. The van der Waals surface area contributed by atoms with E-state index in [2.05, 4.69) is 24.1 Å². The SMILES string of the molecule is COC(C)(C(=O)Nc1ccc(OCCN2CC(C)CC(C)C2)cc1)C1CC1. The Bertz CT molecular complexity index is 619. The van der Waals surface area contributed by atoms with Crippen molar-refractivity contribution in [1.82, 2.24) is 4.90 Å². The summed E-state index contributed by atoms with van der Waals surface area (Å²) >= 11 is 0. The molecule has 1 aromatic rings. The smallest absolute Gasteiger partial charge is 0.256 e. The van der Waals surface area contributed by atoms with Crippen molar-refractivity contribution < 1.29 is 14.3 Å². The molecule has 1 saturated heterocycles. The first-order chi connectivity index (χ1) is 12.9. The van der Waals surface area contributed by atoms with Gasteiger partial charge in [-0.15, -0.1) is 0 Å². The molecule has 0 aromatic heterocycles. The topological polar surface area (TPSA) is 50.8 Å². The van der Waals surface area contributed by atoms with Gasteiger partial charge < -0.3 is 14.8 Å². The second kappa shape index (κ2) is 8.61. The standard InChI is InChI=1S/C22H34N2O3/c1-16-13-17(2)15-24(14-16)11-12-27-20-9-7-19(8-10-20)23-21(25)22(3,26-4)18-5-6-18/h7-10,16-18H,5-6,11-15H2,1-4H3,(H,23,25). The van der Waals surface area contributed by atoms with Crippen molar-refractivity contribution in [2.75, 3.05) is 38.7 Å². The third kappa shape index (κ3) is 5.23. The molecule has 1 aliphatic heterocycles. The molecule has 1 aromatic carbocycles. The molecule has 2 aliphatic rings. The molecule has 27 heavy (non-hydrogen) atoms. The fourth-order valence-corrected chi connectivity index (χ4v) is 4.24. The number of hydrogen-bond acceptors (Lipinski definition) is 4. The van der Waals surface area contributed by atoms with E-state index in [-0.39, 0.29) is 5.91 Å². The lowest BCUT2D eigenvalue weighted by Gasteiger charge is -2.34. The summed E-state index contributed by atoms with van der Waals surface area (Å²) in [6, 6.07) is 7.61. The molecule has 5 heteroatoms. The molecule has 3 rings (SSSR count). The highest BCUT2D eigenvalue weighted by Crippen LogP contribution is 2.42. The molecular weight excluding hydrogens is 340 g/mol. The van der Waals surface area contributed by atoms with Gasteiger partial charge in [-0.1, -0.05) is 13.8 Å². The molecule has 1 aliphatic carbocycles. The Morgan fingerprint density at radius 2 is 1.81 bits per heavy atom. The number of anilines is 1. The number of nitrogens with zero attached hydrogens (tertiary/aromatic N) is 1. The van der Waals surface area contributed by atoms with Gasteiger partial charge in [0.05, 0.1) is 0 Å². The predicted octanol–water partition coefficient (Wildman–Crippen LogP) is 3.80. The van der Waals surface area contributed by atoms with Crippen LogP contribution in [0.15, 0.2) is 24.3 Å². The summed E-state index contributed by atoms with van der Waals surface area (Å²) < 4.78 is 11.4. The summed E-state index contributed by atoms with van der Waals surface area (Å²) in [6.45, 7) is 10.5. The van der Waals surface area contributed by atoms with Gasteiger partial charge in [0.1, 0.15) is 18.0 Å². The second-order valence-corrected chi connectivity index (χ2v) is 8.62. The van der Waals surface area contributed by atoms with E-state index >= 15 is 0 Å². The Labute approximate surface area is 163 Å². The van der Waals surface area contributed by atoms with Crippen molar-refractivity contribution in [3.05, 3.63) is 24.3 Å². The van der Waals surface area contributed by atoms with Gasteiger partial charge in [-0.25, -0.2) is 0 Å². The van der Waals surface area contributed by atoms with Gasteiger partial charge in [0.15, 0.2) is 0 Å². The van der Waals surface area contributed by atoms with Crippen LogP contribution in [0.4, 0.5) is 5.69 Å². The van der Waals surface area contributed by atoms with Gasteiger partial charge in [-0.05, 0) is 68.2 Å². The Morgan fingerprint density at radius 3 is 2.37 bits per heavy atom. The Kier molecular flexibility index (Phi) is 6.43. The molecule has 0 radical (unpaired) electrons. The zero-order valence-corrected chi connectivity index (χ0v) is 17.2. The summed E-state index contributed by atoms with van der Waals surface area (Å²) in [7, 11) is 1.61. The first-order valence-corrected chi connectivity index (χ1v) is 10.2. The summed E-state index contributed by atoms with van der Waals surface area (Å²) in [5.41, 5.74) is 0.0349. The van der Waals surface area contributed by atoms with Crippen LogP contribution >= 0.6 is 0 Å². The molecule has 150 valence electrons. The first-order valence-electron chi connectivity index (χ1n) is 10.2. The third-order valence-electron chi connectivity index (χ3n) is 5.96. The number of nitrogens with one attached hydrogen (secondary N) is 1. The number of hydrogen-bond donors (Lipinski definition) is 1. The van der Waals surface area contributed by atoms with E-state index in [1.54, 1.807) is 7.11 Å². The van der Waals surface area contributed by atoms with Gasteiger partial charge >= 0.3 is 0 Å². The van der Waals surface area contributed by atoms with Crippen LogP contribution in [0.25, 0.3) is 0 Å². The summed E-state index contributed by atoms with van der Waals surface area (Å²) in [5, 5.41) is 2.97. The van der Waals surface area contributed by atoms with Crippen LogP contribution in [0.1, 0.15) is 40.0 Å². The minimum Gasteiger partial charge on any atom is -0.492 e. The van der Waals surface area contributed by atoms with E-state index in [0.29, 0.717) is 12.5 Å². The maximum absolute atomic E-state index is 12.6. The predicted molar refractivity (Wildman–Crippen MR) is 108 cm³/mol. The number of amides is 1. The molecule has 3 unspecified atom stereocenters. The van der Waals surface area contributed by atoms with Crippen molar-refractivity contribution in [3.8, 4) is 5.75 Å². The van der Waals surface area contributed by atoms with Crippen LogP contribution in [0.2, 0.25) is 0 Å². The number of likely N-dealkylation sites (tertiary alicyclic amines) is 1. The molecule has 2 fully saturated rings. The van der Waals surface area contributed by atoms with Crippen molar-refractivity contribution in [2.45, 2.75) is 45.6 Å². The van der Waals surface area contributed by atoms with Crippen LogP contribution in [-0.2, 0) is 9.53 Å². The minimum absolute atomic E-state index is 0.0745. The van der Waals surface area contributed by atoms with E-state index in [1.165, 1.54) is 6.42 Å². The van der Waals surface area contributed by atoms with Crippen LogP contribution < -0.4 is 10.1 Å². The van der Waals surface area contributed by atoms with E-state index in [4.69, 9.17) is 9.47 Å². The van der Waals surface area contributed by atoms with Crippen LogP contribution in [0, 0.1) is 17.8 Å². The number of ether oxygens (including phenoxy) is 2. The molecule has 3 atom stereocenters. The highest BCUT2D eigenvalue weighted by molar-refractivity contribution is 5.97. The Hall–Kier alpha value is -1.59. The molecule has 1 saturated carbocycles. The maximum atomic E-state index is 12.6. The summed E-state index contributed by atoms with van der Waals surface area (Å²) in [4.78, 5) is 15.1. The Morgan fingerprint density at radius 1 is 1.19 bits per heavy atom. The van der Waals surface area contributed by atoms with E-state index < -0.39 is 5.60 Å². The maximum Gasteiger partial charge on any atom is 0.256 e. The van der Waals surface area contributed by atoms with Crippen molar-refractivity contribution in [2.24, 2.45) is 17.8 Å². The second-order valence-electron chi connectivity index (χ2n) is 8.62. The lowest BCUT2D eigenvalue weighted by Crippen LogP contribution is -2.44. The van der Waals surface area contributed by atoms with E-state index in [0.717, 1.165) is 55.7 Å². The molecular formula is C22H34N2O3. The zero-order valence-electron chi connectivity index (χ0n) is 17.2. The summed E-state index contributed by atoms with van der Waals surface area (Å²) in [5.74, 6) is 2.62. The number of piperidine rings is 1. The van der Waals surface area contributed by atoms with Crippen LogP contribution in [0.5, 0.6) is 5.75 Å². The van der Waals surface area contributed by atoms with Gasteiger partial charge in [0, 0.05) is 32.4 Å². The van der Waals surface area contributed by atoms with Gasteiger partial charge in [0.25, 0.3) is 5.91 Å². The van der Waals surface area contributed by atoms with E-state index in [9.17, 15) is 4.79 Å². The normalized spacial score (nSPS) is 25.6. The number of carbonyl (C=O) groups is 1. The first kappa shape index (κ1) is 20.2. The monoisotopic (exact) mass is 374 g/mol. The molecule has 1 heterocycles. The van der Waals surface area contributed by atoms with Crippen molar-refractivity contribution >= 4 is 11.6 Å². The molecule has 0 bridgehead atoms. The van der Waals surface area contributed by atoms with Gasteiger partial charge in [0.2, 0.25) is 0 Å². The van der Waals surface area contributed by atoms with Crippen LogP contribution in [0.3, 0.4) is 0 Å². The number of benzene rings is 1. The minimum atomic E-state index is -0.738. The van der Waals surface area contributed by atoms with Crippen molar-refractivity contribution in [1.29, 1.82) is 0 Å². The quantitative estimate of drug-likeness (QED) is 0.752. The van der Waals surface area contributed by atoms with E-state index in [1.807, 2.05) is 31.2 Å². The third-order valence-corrected chi connectivity index (χ3v) is 5.96. The average Bonchev–Trinajstić information content (AvgIpc) is 3.47. The number of rotatable bonds is 8. The average molecular weight is 375 g/mol. The Balaban J connectivity index is 1.45. The van der Waals surface area contributed by atoms with Gasteiger partial charge in [-0.2, -0.15) is 0 Å². The molecule has 5 nitrogen and oxygen atoms in total. The lowest BCUT2D eigenvalue weighted by molar-refractivity contribution is -0.138. The highest BCUT2D eigenvalue weighted by Gasteiger charge is 2.47. The molecule has 0 spiro atoms. The lowest BCUT2D eigenvalue weighted by atomic mass is 9.92. The summed E-state index contributed by atoms with van der Waals surface area (Å²) in [6.07, 6.45) is 3.44. The van der Waals surface area contributed by atoms with Crippen molar-refractivity contribution in [3.63, 3.8) is 0 Å². The molecule has 1 N–H and O–H groups in total. The fourth-order valence-electron chi connectivity index (χ4n) is 4.24. The van der Waals surface area contributed by atoms with Gasteiger partial charge in [-0.3, -0.25) is 9.69 Å². The number of carbonyl (C=O) groups excluding carboxylic acids is 1. The highest BCUT2D eigenvalue weighted by atomic mass is 16.5. The largest absolute Gasteiger partial charge is 0.492 e. The fraction of sp³-hybridized carbons (Fsp3) is 0.682. The van der Waals surface area contributed by atoms with Crippen LogP contribution in [-0.4, -0.2) is 49.8 Å². The number of methoxy groups -OCH3 is 1. The molecule has 1 amide bonds.